The Balaban J connectivity index is 1.36. The predicted molar refractivity (Wildman–Crippen MR) is 126 cm³/mol. The Morgan fingerprint density at radius 1 is 1.16 bits per heavy atom. The molecule has 5 aliphatic rings. The van der Waals surface area contributed by atoms with Gasteiger partial charge >= 0.3 is 0 Å². The van der Waals surface area contributed by atoms with Crippen molar-refractivity contribution in [3.8, 4) is 0 Å². The van der Waals surface area contributed by atoms with E-state index >= 15 is 0 Å². The average Bonchev–Trinajstić information content (AvgIpc) is 3.32. The maximum absolute atomic E-state index is 11.7. The van der Waals surface area contributed by atoms with E-state index in [1.165, 1.54) is 51.4 Å². The first-order valence-corrected chi connectivity index (χ1v) is 13.6. The minimum atomic E-state index is -0.141. The van der Waals surface area contributed by atoms with Crippen molar-refractivity contribution in [2.75, 3.05) is 6.73 Å². The minimum absolute atomic E-state index is 0.141. The molecular formula is C27H46N2O3. The van der Waals surface area contributed by atoms with Crippen molar-refractivity contribution in [1.29, 1.82) is 0 Å². The summed E-state index contributed by atoms with van der Waals surface area (Å²) in [5.41, 5.74) is 0.584. The molecule has 0 saturated heterocycles. The molecule has 0 aromatic heterocycles. The molecule has 3 unspecified atom stereocenters. The summed E-state index contributed by atoms with van der Waals surface area (Å²) >= 11 is 0. The Hall–Kier alpha value is -0.810. The highest BCUT2D eigenvalue weighted by Gasteiger charge is 2.64. The van der Waals surface area contributed by atoms with E-state index in [0.29, 0.717) is 34.9 Å². The third-order valence-corrected chi connectivity index (χ3v) is 11.4. The van der Waals surface area contributed by atoms with Crippen LogP contribution in [-0.2, 0) is 4.84 Å². The second-order valence-electron chi connectivity index (χ2n) is 12.7. The number of hydrogen-bond donors (Lipinski definition) is 2. The van der Waals surface area contributed by atoms with Gasteiger partial charge in [-0.2, -0.15) is 5.06 Å². The Labute approximate surface area is 194 Å². The van der Waals surface area contributed by atoms with Crippen LogP contribution in [0, 0.1) is 52.3 Å². The van der Waals surface area contributed by atoms with E-state index in [1.54, 1.807) is 0 Å². The second kappa shape index (κ2) is 8.45. The van der Waals surface area contributed by atoms with Gasteiger partial charge in [0.1, 0.15) is 0 Å². The molecule has 4 saturated carbocycles. The predicted octanol–water partition coefficient (Wildman–Crippen LogP) is 6.05. The Bertz CT molecular complexity index is 728. The van der Waals surface area contributed by atoms with Crippen molar-refractivity contribution in [2.45, 2.75) is 104 Å². The number of fused-ring (bicyclic) bond motifs is 5. The van der Waals surface area contributed by atoms with Gasteiger partial charge in [0.2, 0.25) is 6.73 Å². The summed E-state index contributed by atoms with van der Waals surface area (Å²) < 4.78 is 0. The Morgan fingerprint density at radius 3 is 2.69 bits per heavy atom. The first-order valence-electron chi connectivity index (χ1n) is 13.6. The summed E-state index contributed by atoms with van der Waals surface area (Å²) in [7, 11) is 0. The van der Waals surface area contributed by atoms with Gasteiger partial charge in [-0.15, -0.1) is 0 Å². The number of oxime groups is 1. The normalized spacial score (nSPS) is 49.0. The number of rotatable bonds is 5. The largest absolute Gasteiger partial charge is 0.393 e. The molecule has 4 fully saturated rings. The molecule has 0 aromatic rings. The van der Waals surface area contributed by atoms with E-state index in [0.717, 1.165) is 42.1 Å². The van der Waals surface area contributed by atoms with Gasteiger partial charge < -0.3 is 9.94 Å². The minimum Gasteiger partial charge on any atom is -0.393 e. The molecule has 4 aliphatic carbocycles. The molecule has 5 heteroatoms. The third kappa shape index (κ3) is 3.43. The van der Waals surface area contributed by atoms with Crippen molar-refractivity contribution in [3.05, 3.63) is 0 Å². The van der Waals surface area contributed by atoms with Crippen LogP contribution in [0.2, 0.25) is 0 Å². The van der Waals surface area contributed by atoms with E-state index in [4.69, 9.17) is 4.84 Å². The summed E-state index contributed by atoms with van der Waals surface area (Å²) in [6.45, 7) is 10.1. The van der Waals surface area contributed by atoms with E-state index < -0.39 is 0 Å². The molecule has 182 valence electrons. The fraction of sp³-hybridized carbons (Fsp3) is 0.963. The molecule has 0 amide bonds. The lowest BCUT2D eigenvalue weighted by molar-refractivity contribution is -0.187. The number of hydroxylamine groups is 2. The van der Waals surface area contributed by atoms with Crippen LogP contribution >= 0.6 is 0 Å². The highest BCUT2D eigenvalue weighted by molar-refractivity contribution is 5.81. The number of aliphatic hydroxyl groups is 1. The van der Waals surface area contributed by atoms with Gasteiger partial charge in [-0.1, -0.05) is 52.1 Å². The third-order valence-electron chi connectivity index (χ3n) is 11.4. The second-order valence-corrected chi connectivity index (χ2v) is 12.7. The summed E-state index contributed by atoms with van der Waals surface area (Å²) in [5, 5.41) is 26.8. The van der Waals surface area contributed by atoms with E-state index in [1.807, 2.05) is 0 Å². The molecule has 0 bridgehead atoms. The molecule has 10 atom stereocenters. The summed E-state index contributed by atoms with van der Waals surface area (Å²) in [6, 6.07) is 0. The zero-order valence-corrected chi connectivity index (χ0v) is 20.8. The molecule has 5 nitrogen and oxygen atoms in total. The highest BCUT2D eigenvalue weighted by Crippen LogP contribution is 2.69. The van der Waals surface area contributed by atoms with Gasteiger partial charge in [-0.25, -0.2) is 0 Å². The molecule has 1 heterocycles. The quantitative estimate of drug-likeness (QED) is 0.539. The van der Waals surface area contributed by atoms with Crippen LogP contribution in [0.15, 0.2) is 5.16 Å². The maximum atomic E-state index is 11.7. The lowest BCUT2D eigenvalue weighted by Crippen LogP contribution is -2.60. The smallest absolute Gasteiger partial charge is 0.214 e. The van der Waals surface area contributed by atoms with E-state index in [-0.39, 0.29) is 18.2 Å². The van der Waals surface area contributed by atoms with Gasteiger partial charge in [0.25, 0.3) is 0 Å². The standard InChI is InChI=1S/C27H46N2O3/c1-5-18-14-19-22-11-10-20(17(2)9-12-24-28-32-16-29(24)31)27(22,4)15-23(30)25(19)26(3)13-7-6-8-21(18)26/h17-23,25,30-31H,5-16H2,1-4H3/t17-,18+,19?,20-,21+,22?,23+,25?,26+,27-/m1/s1. The molecule has 1 aliphatic heterocycles. The molecule has 2 N–H and O–H groups in total. The topological polar surface area (TPSA) is 65.3 Å². The molecule has 5 rings (SSSR count). The maximum Gasteiger partial charge on any atom is 0.214 e. The summed E-state index contributed by atoms with van der Waals surface area (Å²) in [6.07, 6.45) is 13.4. The van der Waals surface area contributed by atoms with Gasteiger partial charge in [-0.3, -0.25) is 5.21 Å². The lowest BCUT2D eigenvalue weighted by Gasteiger charge is -2.64. The van der Waals surface area contributed by atoms with Gasteiger partial charge in [-0.05, 0) is 97.2 Å². The number of hydrogen-bond acceptors (Lipinski definition) is 5. The zero-order valence-electron chi connectivity index (χ0n) is 20.8. The van der Waals surface area contributed by atoms with Gasteiger partial charge in [0.15, 0.2) is 5.84 Å². The van der Waals surface area contributed by atoms with Crippen LogP contribution in [0.25, 0.3) is 0 Å². The molecule has 32 heavy (non-hydrogen) atoms. The Morgan fingerprint density at radius 2 is 1.97 bits per heavy atom. The van der Waals surface area contributed by atoms with Crippen LogP contribution in [0.4, 0.5) is 0 Å². The molecular weight excluding hydrogens is 400 g/mol. The van der Waals surface area contributed by atoms with Crippen molar-refractivity contribution >= 4 is 5.84 Å². The van der Waals surface area contributed by atoms with Crippen molar-refractivity contribution in [3.63, 3.8) is 0 Å². The van der Waals surface area contributed by atoms with Gasteiger partial charge in [0.05, 0.1) is 6.10 Å². The first-order chi connectivity index (χ1) is 15.3. The number of nitrogens with zero attached hydrogens (tertiary/aromatic N) is 2. The van der Waals surface area contributed by atoms with Crippen LogP contribution in [-0.4, -0.2) is 34.0 Å². The van der Waals surface area contributed by atoms with Crippen LogP contribution in [0.3, 0.4) is 0 Å². The summed E-state index contributed by atoms with van der Waals surface area (Å²) in [5.74, 6) is 5.52. The molecule has 0 radical (unpaired) electrons. The lowest BCUT2D eigenvalue weighted by atomic mass is 9.41. The van der Waals surface area contributed by atoms with Crippen molar-refractivity contribution in [2.24, 2.45) is 57.4 Å². The van der Waals surface area contributed by atoms with Crippen LogP contribution in [0.5, 0.6) is 0 Å². The number of aliphatic hydroxyl groups excluding tert-OH is 1. The number of amidine groups is 1. The zero-order chi connectivity index (χ0) is 22.7. The van der Waals surface area contributed by atoms with Crippen LogP contribution in [0.1, 0.15) is 98.3 Å². The molecule has 0 spiro atoms. The first kappa shape index (κ1) is 23.0. The molecule has 0 aromatic carbocycles. The monoisotopic (exact) mass is 446 g/mol. The summed E-state index contributed by atoms with van der Waals surface area (Å²) in [4.78, 5) is 5.01. The van der Waals surface area contributed by atoms with Crippen LogP contribution < -0.4 is 0 Å². The van der Waals surface area contributed by atoms with E-state index in [2.05, 4.69) is 32.9 Å². The fourth-order valence-electron chi connectivity index (χ4n) is 10.1. The van der Waals surface area contributed by atoms with Gasteiger partial charge in [0, 0.05) is 6.42 Å². The van der Waals surface area contributed by atoms with Crippen molar-refractivity contribution in [1.82, 2.24) is 5.06 Å². The SMILES string of the molecule is CC[C@H]1CC2C3CC[C@H]([C@H](C)CCC4=NOCN4O)[C@@]3(C)C[C@H](O)C2[C@@]2(C)CCCC[C@@H]12. The fourth-order valence-corrected chi connectivity index (χ4v) is 10.1. The van der Waals surface area contributed by atoms with E-state index in [9.17, 15) is 10.3 Å². The average molecular weight is 447 g/mol. The Kier molecular flexibility index (Phi) is 6.06. The van der Waals surface area contributed by atoms with Crippen molar-refractivity contribution < 1.29 is 15.2 Å². The highest BCUT2D eigenvalue weighted by atomic mass is 16.7.